The van der Waals surface area contributed by atoms with Crippen molar-refractivity contribution in [1.29, 1.82) is 0 Å². The topological polar surface area (TPSA) is 49.3 Å². The summed E-state index contributed by atoms with van der Waals surface area (Å²) in [5.74, 6) is 1.51. The minimum Gasteiger partial charge on any atom is -0.391 e. The third-order valence-corrected chi connectivity index (χ3v) is 3.43. The van der Waals surface area contributed by atoms with E-state index in [1.54, 1.807) is 18.7 Å². The molecule has 4 heteroatoms. The molecule has 15 heavy (non-hydrogen) atoms. The molecule has 0 saturated heterocycles. The molecule has 0 heterocycles. The Morgan fingerprint density at radius 2 is 2.13 bits per heavy atom. The first-order valence-corrected chi connectivity index (χ1v) is 6.62. The Hall–Kier alpha value is -0.220. The van der Waals surface area contributed by atoms with Crippen LogP contribution in [0.3, 0.4) is 0 Å². The summed E-state index contributed by atoms with van der Waals surface area (Å²) >= 11 is 1.64. The first kappa shape index (κ1) is 14.8. The molecule has 90 valence electrons. The number of hydrogen-bond acceptors (Lipinski definition) is 3. The van der Waals surface area contributed by atoms with Gasteiger partial charge in [0.15, 0.2) is 0 Å². The molecular formula is C11H23NO2S. The second-order valence-electron chi connectivity index (χ2n) is 4.35. The third-order valence-electron chi connectivity index (χ3n) is 2.38. The van der Waals surface area contributed by atoms with E-state index in [1.807, 2.05) is 13.8 Å². The van der Waals surface area contributed by atoms with Gasteiger partial charge in [0, 0.05) is 0 Å². The summed E-state index contributed by atoms with van der Waals surface area (Å²) in [7, 11) is 0. The molecule has 1 unspecified atom stereocenters. The number of nitrogens with one attached hydrogen (secondary N) is 1. The molecule has 0 saturated carbocycles. The Bertz CT molecular complexity index is 193. The SMILES string of the molecule is CCCCSCC(=O)NC(C)(C)C(C)O. The standard InChI is InChI=1S/C11H23NO2S/c1-5-6-7-15-8-10(14)12-11(3,4)9(2)13/h9,13H,5-8H2,1-4H3,(H,12,14). The van der Waals surface area contributed by atoms with E-state index in [-0.39, 0.29) is 5.91 Å². The van der Waals surface area contributed by atoms with E-state index in [0.29, 0.717) is 5.75 Å². The lowest BCUT2D eigenvalue weighted by molar-refractivity contribution is -0.121. The van der Waals surface area contributed by atoms with E-state index >= 15 is 0 Å². The average Bonchev–Trinajstić information content (AvgIpc) is 2.11. The van der Waals surface area contributed by atoms with Crippen LogP contribution >= 0.6 is 11.8 Å². The molecule has 0 aliphatic rings. The lowest BCUT2D eigenvalue weighted by Gasteiger charge is -2.29. The largest absolute Gasteiger partial charge is 0.391 e. The predicted octanol–water partition coefficient (Wildman–Crippen LogP) is 1.80. The van der Waals surface area contributed by atoms with Gasteiger partial charge in [0.2, 0.25) is 5.91 Å². The van der Waals surface area contributed by atoms with Gasteiger partial charge in [-0.1, -0.05) is 13.3 Å². The number of thioether (sulfide) groups is 1. The molecule has 0 aliphatic heterocycles. The molecule has 1 amide bonds. The van der Waals surface area contributed by atoms with Crippen LogP contribution in [0.5, 0.6) is 0 Å². The van der Waals surface area contributed by atoms with Crippen molar-refractivity contribution in [2.45, 2.75) is 52.2 Å². The Labute approximate surface area is 97.0 Å². The minimum absolute atomic E-state index is 0.00185. The van der Waals surface area contributed by atoms with Crippen molar-refractivity contribution in [3.63, 3.8) is 0 Å². The fourth-order valence-electron chi connectivity index (χ4n) is 0.911. The van der Waals surface area contributed by atoms with Gasteiger partial charge in [0.1, 0.15) is 0 Å². The first-order chi connectivity index (χ1) is 6.90. The van der Waals surface area contributed by atoms with E-state index in [2.05, 4.69) is 12.2 Å². The fraction of sp³-hybridized carbons (Fsp3) is 0.909. The van der Waals surface area contributed by atoms with Gasteiger partial charge in [-0.05, 0) is 32.9 Å². The zero-order valence-corrected chi connectivity index (χ0v) is 11.0. The van der Waals surface area contributed by atoms with Crippen molar-refractivity contribution in [2.75, 3.05) is 11.5 Å². The molecule has 0 bridgehead atoms. The van der Waals surface area contributed by atoms with Crippen LogP contribution in [0.4, 0.5) is 0 Å². The number of carbonyl (C=O) groups is 1. The predicted molar refractivity (Wildman–Crippen MR) is 66.1 cm³/mol. The molecule has 0 rings (SSSR count). The maximum absolute atomic E-state index is 11.5. The maximum Gasteiger partial charge on any atom is 0.230 e. The second kappa shape index (κ2) is 7.12. The number of rotatable bonds is 7. The van der Waals surface area contributed by atoms with Gasteiger partial charge >= 0.3 is 0 Å². The van der Waals surface area contributed by atoms with Crippen molar-refractivity contribution in [3.8, 4) is 0 Å². The van der Waals surface area contributed by atoms with Crippen LogP contribution in [-0.4, -0.2) is 34.2 Å². The Morgan fingerprint density at radius 1 is 1.53 bits per heavy atom. The second-order valence-corrected chi connectivity index (χ2v) is 5.46. The number of aliphatic hydroxyl groups is 1. The first-order valence-electron chi connectivity index (χ1n) is 5.47. The summed E-state index contributed by atoms with van der Waals surface area (Å²) in [5.41, 5.74) is -0.539. The smallest absolute Gasteiger partial charge is 0.230 e. The minimum atomic E-state index is -0.540. The van der Waals surface area contributed by atoms with Crippen LogP contribution in [0.15, 0.2) is 0 Å². The molecule has 2 N–H and O–H groups in total. The zero-order chi connectivity index (χ0) is 11.9. The van der Waals surface area contributed by atoms with E-state index in [0.717, 1.165) is 18.6 Å². The molecule has 0 aliphatic carbocycles. The third kappa shape index (κ3) is 6.79. The van der Waals surface area contributed by atoms with Crippen LogP contribution < -0.4 is 5.32 Å². The maximum atomic E-state index is 11.5. The number of aliphatic hydroxyl groups excluding tert-OH is 1. The Morgan fingerprint density at radius 3 is 2.60 bits per heavy atom. The van der Waals surface area contributed by atoms with Crippen LogP contribution in [0, 0.1) is 0 Å². The van der Waals surface area contributed by atoms with Crippen LogP contribution in [0.25, 0.3) is 0 Å². The highest BCUT2D eigenvalue weighted by Crippen LogP contribution is 2.10. The molecule has 0 aromatic heterocycles. The molecule has 0 radical (unpaired) electrons. The molecular weight excluding hydrogens is 210 g/mol. The molecule has 1 atom stereocenters. The lowest BCUT2D eigenvalue weighted by atomic mass is 9.99. The van der Waals surface area contributed by atoms with Crippen molar-refractivity contribution in [1.82, 2.24) is 5.32 Å². The van der Waals surface area contributed by atoms with E-state index in [4.69, 9.17) is 0 Å². The zero-order valence-electron chi connectivity index (χ0n) is 10.2. The van der Waals surface area contributed by atoms with Crippen molar-refractivity contribution in [2.24, 2.45) is 0 Å². The Kier molecular flexibility index (Phi) is 7.02. The quantitative estimate of drug-likeness (QED) is 0.659. The van der Waals surface area contributed by atoms with Gasteiger partial charge in [0.05, 0.1) is 17.4 Å². The average molecular weight is 233 g/mol. The van der Waals surface area contributed by atoms with Gasteiger partial charge in [0.25, 0.3) is 0 Å². The highest BCUT2D eigenvalue weighted by molar-refractivity contribution is 7.99. The summed E-state index contributed by atoms with van der Waals surface area (Å²) < 4.78 is 0. The van der Waals surface area contributed by atoms with E-state index in [9.17, 15) is 9.90 Å². The Balaban J connectivity index is 3.74. The number of hydrogen-bond donors (Lipinski definition) is 2. The molecule has 0 spiro atoms. The summed E-state index contributed by atoms with van der Waals surface area (Å²) in [6.07, 6.45) is 1.77. The number of carbonyl (C=O) groups excluding carboxylic acids is 1. The molecule has 3 nitrogen and oxygen atoms in total. The normalized spacial score (nSPS) is 13.7. The number of amides is 1. The fourth-order valence-corrected chi connectivity index (χ4v) is 1.81. The van der Waals surface area contributed by atoms with Gasteiger partial charge in [-0.2, -0.15) is 11.8 Å². The van der Waals surface area contributed by atoms with Crippen LogP contribution in [0.1, 0.15) is 40.5 Å². The van der Waals surface area contributed by atoms with E-state index < -0.39 is 11.6 Å². The highest BCUT2D eigenvalue weighted by atomic mass is 32.2. The summed E-state index contributed by atoms with van der Waals surface area (Å²) in [4.78, 5) is 11.5. The summed E-state index contributed by atoms with van der Waals surface area (Å²) in [6.45, 7) is 7.47. The van der Waals surface area contributed by atoms with Crippen molar-refractivity contribution >= 4 is 17.7 Å². The molecule has 0 fully saturated rings. The van der Waals surface area contributed by atoms with Gasteiger partial charge in [-0.25, -0.2) is 0 Å². The van der Waals surface area contributed by atoms with Crippen molar-refractivity contribution < 1.29 is 9.90 Å². The summed E-state index contributed by atoms with van der Waals surface area (Å²) in [6, 6.07) is 0. The number of unbranched alkanes of at least 4 members (excludes halogenated alkanes) is 1. The van der Waals surface area contributed by atoms with Gasteiger partial charge < -0.3 is 10.4 Å². The van der Waals surface area contributed by atoms with Gasteiger partial charge in [-0.3, -0.25) is 4.79 Å². The van der Waals surface area contributed by atoms with Gasteiger partial charge in [-0.15, -0.1) is 0 Å². The molecule has 0 aromatic carbocycles. The van der Waals surface area contributed by atoms with Crippen LogP contribution in [-0.2, 0) is 4.79 Å². The van der Waals surface area contributed by atoms with Crippen LogP contribution in [0.2, 0.25) is 0 Å². The lowest BCUT2D eigenvalue weighted by Crippen LogP contribution is -2.51. The molecule has 0 aromatic rings. The highest BCUT2D eigenvalue weighted by Gasteiger charge is 2.25. The van der Waals surface area contributed by atoms with E-state index in [1.165, 1.54) is 0 Å². The van der Waals surface area contributed by atoms with Crippen molar-refractivity contribution in [3.05, 3.63) is 0 Å². The summed E-state index contributed by atoms with van der Waals surface area (Å²) in [5, 5.41) is 12.2. The monoisotopic (exact) mass is 233 g/mol.